The van der Waals surface area contributed by atoms with Gasteiger partial charge in [0.05, 0.1) is 0 Å². The molecular formula is C22H31N5O. The summed E-state index contributed by atoms with van der Waals surface area (Å²) in [4.78, 5) is 25.6. The van der Waals surface area contributed by atoms with Crippen LogP contribution in [0.4, 0.5) is 11.5 Å². The molecule has 1 amide bonds. The van der Waals surface area contributed by atoms with Gasteiger partial charge in [0.1, 0.15) is 17.8 Å². The number of carbonyl (C=O) groups is 1. The number of unbranched alkanes of at least 4 members (excludes halogenated alkanes) is 2. The van der Waals surface area contributed by atoms with Crippen LogP contribution < -0.4 is 10.2 Å². The highest BCUT2D eigenvalue weighted by molar-refractivity contribution is 5.93. The van der Waals surface area contributed by atoms with Crippen molar-refractivity contribution in [2.75, 3.05) is 42.9 Å². The van der Waals surface area contributed by atoms with Crippen molar-refractivity contribution in [3.63, 3.8) is 0 Å². The van der Waals surface area contributed by atoms with E-state index in [-0.39, 0.29) is 5.91 Å². The van der Waals surface area contributed by atoms with Crippen LogP contribution in [0, 0.1) is 13.8 Å². The van der Waals surface area contributed by atoms with Crippen LogP contribution >= 0.6 is 0 Å². The Morgan fingerprint density at radius 3 is 2.64 bits per heavy atom. The molecule has 1 aliphatic rings. The van der Waals surface area contributed by atoms with Gasteiger partial charge in [-0.05, 0) is 37.5 Å². The van der Waals surface area contributed by atoms with Gasteiger partial charge >= 0.3 is 0 Å². The maximum atomic E-state index is 12.9. The number of carbonyl (C=O) groups excluding carboxylic acids is 1. The van der Waals surface area contributed by atoms with Crippen LogP contribution in [0.15, 0.2) is 30.6 Å². The third-order valence-corrected chi connectivity index (χ3v) is 5.46. The normalized spacial score (nSPS) is 14.2. The van der Waals surface area contributed by atoms with Gasteiger partial charge in [-0.1, -0.05) is 31.9 Å². The Kier molecular flexibility index (Phi) is 6.85. The molecule has 1 aliphatic heterocycles. The zero-order chi connectivity index (χ0) is 19.9. The monoisotopic (exact) mass is 381 g/mol. The van der Waals surface area contributed by atoms with Gasteiger partial charge in [0, 0.05) is 44.5 Å². The number of benzene rings is 1. The third-order valence-electron chi connectivity index (χ3n) is 5.46. The van der Waals surface area contributed by atoms with E-state index in [4.69, 9.17) is 0 Å². The number of piperazine rings is 1. The van der Waals surface area contributed by atoms with Gasteiger partial charge in [-0.25, -0.2) is 9.97 Å². The Morgan fingerprint density at radius 2 is 1.89 bits per heavy atom. The number of aryl methyl sites for hydroxylation is 1. The van der Waals surface area contributed by atoms with Crippen molar-refractivity contribution >= 4 is 17.4 Å². The molecule has 0 aliphatic carbocycles. The molecule has 2 heterocycles. The Morgan fingerprint density at radius 1 is 1.11 bits per heavy atom. The van der Waals surface area contributed by atoms with E-state index in [9.17, 15) is 4.79 Å². The number of nitrogens with one attached hydrogen (secondary N) is 1. The first-order valence-corrected chi connectivity index (χ1v) is 10.3. The fourth-order valence-corrected chi connectivity index (χ4v) is 3.55. The lowest BCUT2D eigenvalue weighted by atomic mass is 10.1. The van der Waals surface area contributed by atoms with E-state index in [1.165, 1.54) is 36.0 Å². The summed E-state index contributed by atoms with van der Waals surface area (Å²) in [5.74, 6) is 0.711. The lowest BCUT2D eigenvalue weighted by Gasteiger charge is -2.37. The molecule has 150 valence electrons. The maximum absolute atomic E-state index is 12.9. The zero-order valence-corrected chi connectivity index (χ0v) is 17.2. The number of nitrogens with zero attached hydrogens (tertiary/aromatic N) is 4. The summed E-state index contributed by atoms with van der Waals surface area (Å²) >= 11 is 0. The molecule has 0 atom stereocenters. The number of aromatic nitrogens is 2. The number of anilines is 2. The average Bonchev–Trinajstić information content (AvgIpc) is 2.73. The molecule has 6 nitrogen and oxygen atoms in total. The van der Waals surface area contributed by atoms with Crippen LogP contribution in [0.2, 0.25) is 0 Å². The second kappa shape index (κ2) is 9.53. The summed E-state index contributed by atoms with van der Waals surface area (Å²) in [5, 5.41) is 3.29. The first kappa shape index (κ1) is 20.1. The smallest absolute Gasteiger partial charge is 0.272 e. The number of hydrogen-bond acceptors (Lipinski definition) is 5. The topological polar surface area (TPSA) is 61.4 Å². The molecule has 2 aromatic rings. The number of rotatable bonds is 7. The van der Waals surface area contributed by atoms with Crippen LogP contribution in [0.5, 0.6) is 0 Å². The largest absolute Gasteiger partial charge is 0.370 e. The van der Waals surface area contributed by atoms with Crippen molar-refractivity contribution in [2.45, 2.75) is 40.0 Å². The molecule has 1 aromatic carbocycles. The highest BCUT2D eigenvalue weighted by Crippen LogP contribution is 2.24. The summed E-state index contributed by atoms with van der Waals surface area (Å²) in [6.07, 6.45) is 4.95. The fourth-order valence-electron chi connectivity index (χ4n) is 3.55. The molecule has 0 bridgehead atoms. The molecule has 0 saturated carbocycles. The van der Waals surface area contributed by atoms with E-state index < -0.39 is 0 Å². The Balaban J connectivity index is 1.58. The van der Waals surface area contributed by atoms with Gasteiger partial charge in [-0.2, -0.15) is 0 Å². The number of amides is 1. The van der Waals surface area contributed by atoms with E-state index in [0.29, 0.717) is 18.8 Å². The summed E-state index contributed by atoms with van der Waals surface area (Å²) in [7, 11) is 0. The van der Waals surface area contributed by atoms with Crippen molar-refractivity contribution in [1.82, 2.24) is 14.9 Å². The molecule has 0 radical (unpaired) electrons. The minimum absolute atomic E-state index is 0.0142. The number of hydrogen-bond donors (Lipinski definition) is 1. The van der Waals surface area contributed by atoms with E-state index in [0.717, 1.165) is 31.9 Å². The molecule has 0 spiro atoms. The summed E-state index contributed by atoms with van der Waals surface area (Å²) in [6, 6.07) is 8.18. The van der Waals surface area contributed by atoms with Crippen molar-refractivity contribution < 1.29 is 4.79 Å². The standard InChI is InChI=1S/C22H31N5O/c1-4-5-6-10-23-21-15-19(24-16-25-21)22(28)27-13-11-26(12-14-27)20-9-7-8-17(2)18(20)3/h7-9,15-16H,4-6,10-14H2,1-3H3,(H,23,24,25). The molecule has 1 aromatic heterocycles. The predicted molar refractivity (Wildman–Crippen MR) is 114 cm³/mol. The van der Waals surface area contributed by atoms with E-state index in [1.807, 2.05) is 4.90 Å². The molecule has 1 fully saturated rings. The Labute approximate surface area is 168 Å². The summed E-state index contributed by atoms with van der Waals surface area (Å²) in [6.45, 7) is 10.4. The van der Waals surface area contributed by atoms with Crippen LogP contribution in [-0.4, -0.2) is 53.5 Å². The minimum Gasteiger partial charge on any atom is -0.370 e. The van der Waals surface area contributed by atoms with Crippen LogP contribution in [0.3, 0.4) is 0 Å². The molecule has 0 unspecified atom stereocenters. The molecule has 28 heavy (non-hydrogen) atoms. The van der Waals surface area contributed by atoms with Crippen molar-refractivity contribution in [3.05, 3.63) is 47.4 Å². The van der Waals surface area contributed by atoms with Gasteiger partial charge in [0.15, 0.2) is 0 Å². The maximum Gasteiger partial charge on any atom is 0.272 e. The summed E-state index contributed by atoms with van der Waals surface area (Å²) < 4.78 is 0. The SMILES string of the molecule is CCCCCNc1cc(C(=O)N2CCN(c3cccc(C)c3C)CC2)ncn1. The molecule has 6 heteroatoms. The first-order valence-electron chi connectivity index (χ1n) is 10.3. The van der Waals surface area contributed by atoms with Gasteiger partial charge in [-0.15, -0.1) is 0 Å². The molecule has 1 saturated heterocycles. The van der Waals surface area contributed by atoms with Gasteiger partial charge < -0.3 is 15.1 Å². The van der Waals surface area contributed by atoms with Crippen LogP contribution in [-0.2, 0) is 0 Å². The van der Waals surface area contributed by atoms with Crippen molar-refractivity contribution in [3.8, 4) is 0 Å². The first-order chi connectivity index (χ1) is 13.6. The average molecular weight is 382 g/mol. The van der Waals surface area contributed by atoms with E-state index >= 15 is 0 Å². The highest BCUT2D eigenvalue weighted by Gasteiger charge is 2.24. The predicted octanol–water partition coefficient (Wildman–Crippen LogP) is 3.66. The van der Waals surface area contributed by atoms with E-state index in [2.05, 4.69) is 59.2 Å². The van der Waals surface area contributed by atoms with Crippen molar-refractivity contribution in [1.29, 1.82) is 0 Å². The second-order valence-electron chi connectivity index (χ2n) is 7.42. The zero-order valence-electron chi connectivity index (χ0n) is 17.2. The second-order valence-corrected chi connectivity index (χ2v) is 7.42. The molecule has 3 rings (SSSR count). The van der Waals surface area contributed by atoms with Crippen LogP contribution in [0.25, 0.3) is 0 Å². The Hall–Kier alpha value is -2.63. The van der Waals surface area contributed by atoms with E-state index in [1.54, 1.807) is 6.07 Å². The van der Waals surface area contributed by atoms with Crippen LogP contribution in [0.1, 0.15) is 47.8 Å². The lowest BCUT2D eigenvalue weighted by Crippen LogP contribution is -2.49. The molecular weight excluding hydrogens is 350 g/mol. The van der Waals surface area contributed by atoms with Gasteiger partial charge in [-0.3, -0.25) is 4.79 Å². The fraction of sp³-hybridized carbons (Fsp3) is 0.500. The molecule has 1 N–H and O–H groups in total. The third kappa shape index (κ3) is 4.80. The van der Waals surface area contributed by atoms with Crippen molar-refractivity contribution in [2.24, 2.45) is 0 Å². The van der Waals surface area contributed by atoms with Gasteiger partial charge in [0.2, 0.25) is 0 Å². The summed E-state index contributed by atoms with van der Waals surface area (Å²) in [5.41, 5.74) is 4.36. The quantitative estimate of drug-likeness (QED) is 0.742. The Bertz CT molecular complexity index is 799. The minimum atomic E-state index is -0.0142. The van der Waals surface area contributed by atoms with Gasteiger partial charge in [0.25, 0.3) is 5.91 Å². The lowest BCUT2D eigenvalue weighted by molar-refractivity contribution is 0.0740. The highest BCUT2D eigenvalue weighted by atomic mass is 16.2.